The fourth-order valence-corrected chi connectivity index (χ4v) is 3.67. The molecule has 1 aliphatic rings. The number of hydrogen-bond donors (Lipinski definition) is 1. The molecule has 0 bridgehead atoms. The minimum atomic E-state index is 0.838. The van der Waals surface area contributed by atoms with E-state index in [9.17, 15) is 0 Å². The van der Waals surface area contributed by atoms with Crippen molar-refractivity contribution >= 4 is 28.1 Å². The van der Waals surface area contributed by atoms with Gasteiger partial charge in [-0.2, -0.15) is 0 Å². The Morgan fingerprint density at radius 2 is 1.87 bits per heavy atom. The normalized spacial score (nSPS) is 15.8. The lowest BCUT2D eigenvalue weighted by Gasteiger charge is -2.22. The fraction of sp³-hybridized carbons (Fsp3) is 0.200. The van der Waals surface area contributed by atoms with Gasteiger partial charge in [0.25, 0.3) is 0 Å². The van der Waals surface area contributed by atoms with Crippen LogP contribution in [0.4, 0.5) is 0 Å². The van der Waals surface area contributed by atoms with Gasteiger partial charge >= 0.3 is 0 Å². The van der Waals surface area contributed by atoms with Gasteiger partial charge in [0.2, 0.25) is 0 Å². The first-order chi connectivity index (χ1) is 11.2. The van der Waals surface area contributed by atoms with E-state index in [-0.39, 0.29) is 0 Å². The van der Waals surface area contributed by atoms with Crippen LogP contribution in [0.15, 0.2) is 54.7 Å². The third-order valence-corrected chi connectivity index (χ3v) is 5.02. The Balaban J connectivity index is 1.88. The number of fused-ring (bicyclic) bond motifs is 1. The molecule has 3 heteroatoms. The first-order valence-corrected chi connectivity index (χ1v) is 8.35. The Morgan fingerprint density at radius 3 is 2.61 bits per heavy atom. The highest BCUT2D eigenvalue weighted by molar-refractivity contribution is 6.39. The smallest absolute Gasteiger partial charge is 0.0584 e. The van der Waals surface area contributed by atoms with Crippen molar-refractivity contribution in [2.45, 2.75) is 6.42 Å². The van der Waals surface area contributed by atoms with Gasteiger partial charge in [-0.15, -0.1) is 0 Å². The van der Waals surface area contributed by atoms with Crippen molar-refractivity contribution in [3.05, 3.63) is 65.3 Å². The van der Waals surface area contributed by atoms with Gasteiger partial charge in [-0.1, -0.05) is 54.1 Å². The second-order valence-corrected chi connectivity index (χ2v) is 6.54. The van der Waals surface area contributed by atoms with E-state index in [4.69, 9.17) is 11.6 Å². The molecule has 0 spiro atoms. The first kappa shape index (κ1) is 14.6. The molecule has 2 aromatic carbocycles. The molecule has 1 N–H and O–H groups in total. The minimum absolute atomic E-state index is 0.838. The SMILES string of the molecule is CN1CC=C(c2c[nH]c3ccc(-c4ccccc4)c(Cl)c23)CC1. The molecule has 116 valence electrons. The van der Waals surface area contributed by atoms with Gasteiger partial charge in [-0.05, 0) is 30.7 Å². The van der Waals surface area contributed by atoms with Gasteiger partial charge in [-0.3, -0.25) is 0 Å². The van der Waals surface area contributed by atoms with Crippen molar-refractivity contribution in [1.82, 2.24) is 9.88 Å². The Morgan fingerprint density at radius 1 is 1.04 bits per heavy atom. The number of halogens is 1. The van der Waals surface area contributed by atoms with Crippen molar-refractivity contribution in [2.75, 3.05) is 20.1 Å². The third-order valence-electron chi connectivity index (χ3n) is 4.63. The summed E-state index contributed by atoms with van der Waals surface area (Å²) in [6, 6.07) is 14.6. The van der Waals surface area contributed by atoms with E-state index in [1.54, 1.807) is 0 Å². The van der Waals surface area contributed by atoms with Crippen LogP contribution < -0.4 is 0 Å². The Hall–Kier alpha value is -2.03. The molecule has 0 atom stereocenters. The van der Waals surface area contributed by atoms with E-state index in [0.717, 1.165) is 46.6 Å². The molecule has 0 saturated heterocycles. The maximum atomic E-state index is 6.81. The van der Waals surface area contributed by atoms with Crippen molar-refractivity contribution in [1.29, 1.82) is 0 Å². The molecule has 0 aliphatic carbocycles. The quantitative estimate of drug-likeness (QED) is 0.686. The standard InChI is InChI=1S/C20H19ClN2/c1-23-11-9-15(10-12-23)17-13-22-18-8-7-16(20(21)19(17)18)14-5-3-2-4-6-14/h2-9,13,22H,10-12H2,1H3. The van der Waals surface area contributed by atoms with Gasteiger partial charge < -0.3 is 9.88 Å². The molecule has 1 aliphatic heterocycles. The molecule has 2 heterocycles. The average molecular weight is 323 g/mol. The summed E-state index contributed by atoms with van der Waals surface area (Å²) >= 11 is 6.81. The largest absolute Gasteiger partial charge is 0.361 e. The van der Waals surface area contributed by atoms with E-state index in [0.29, 0.717) is 0 Å². The van der Waals surface area contributed by atoms with Gasteiger partial charge in [-0.25, -0.2) is 0 Å². The Labute approximate surface area is 141 Å². The van der Waals surface area contributed by atoms with E-state index < -0.39 is 0 Å². The lowest BCUT2D eigenvalue weighted by atomic mass is 9.96. The molecule has 4 rings (SSSR count). The zero-order chi connectivity index (χ0) is 15.8. The Kier molecular flexibility index (Phi) is 3.72. The predicted octanol–water partition coefficient (Wildman–Crippen LogP) is 5.21. The van der Waals surface area contributed by atoms with Crippen LogP contribution in [-0.4, -0.2) is 30.0 Å². The second-order valence-electron chi connectivity index (χ2n) is 6.16. The molecule has 2 nitrogen and oxygen atoms in total. The molecular weight excluding hydrogens is 304 g/mol. The summed E-state index contributed by atoms with van der Waals surface area (Å²) in [5.41, 5.74) is 5.99. The van der Waals surface area contributed by atoms with Crippen molar-refractivity contribution in [3.8, 4) is 11.1 Å². The number of H-pyrrole nitrogens is 1. The fourth-order valence-electron chi connectivity index (χ4n) is 3.29. The third kappa shape index (κ3) is 2.58. The molecule has 0 amide bonds. The number of benzene rings is 2. The van der Waals surface area contributed by atoms with E-state index in [2.05, 4.69) is 53.5 Å². The van der Waals surface area contributed by atoms with Crippen LogP contribution in [0.3, 0.4) is 0 Å². The summed E-state index contributed by atoms with van der Waals surface area (Å²) in [6.07, 6.45) is 5.48. The van der Waals surface area contributed by atoms with Crippen molar-refractivity contribution < 1.29 is 0 Å². The number of nitrogens with zero attached hydrogens (tertiary/aromatic N) is 1. The second kappa shape index (κ2) is 5.88. The number of nitrogens with one attached hydrogen (secondary N) is 1. The molecule has 3 aromatic rings. The van der Waals surface area contributed by atoms with Crippen molar-refractivity contribution in [2.24, 2.45) is 0 Å². The molecular formula is C20H19ClN2. The topological polar surface area (TPSA) is 19.0 Å². The summed E-state index contributed by atoms with van der Waals surface area (Å²) in [5, 5.41) is 1.98. The maximum Gasteiger partial charge on any atom is 0.0584 e. The number of aromatic amines is 1. The lowest BCUT2D eigenvalue weighted by molar-refractivity contribution is 0.370. The number of hydrogen-bond acceptors (Lipinski definition) is 1. The van der Waals surface area contributed by atoms with Crippen LogP contribution in [0.25, 0.3) is 27.6 Å². The number of aromatic nitrogens is 1. The summed E-state index contributed by atoms with van der Waals surface area (Å²) in [7, 11) is 2.16. The number of rotatable bonds is 2. The lowest BCUT2D eigenvalue weighted by Crippen LogP contribution is -2.23. The highest BCUT2D eigenvalue weighted by atomic mass is 35.5. The molecule has 23 heavy (non-hydrogen) atoms. The van der Waals surface area contributed by atoms with Crippen LogP contribution in [0.1, 0.15) is 12.0 Å². The summed E-state index contributed by atoms with van der Waals surface area (Å²) in [4.78, 5) is 5.71. The average Bonchev–Trinajstić information content (AvgIpc) is 3.02. The zero-order valence-corrected chi connectivity index (χ0v) is 13.9. The van der Waals surface area contributed by atoms with Crippen LogP contribution in [-0.2, 0) is 0 Å². The first-order valence-electron chi connectivity index (χ1n) is 7.97. The summed E-state index contributed by atoms with van der Waals surface area (Å²) in [6.45, 7) is 2.09. The van der Waals surface area contributed by atoms with Gasteiger partial charge in [0.1, 0.15) is 0 Å². The molecule has 0 saturated carbocycles. The summed E-state index contributed by atoms with van der Waals surface area (Å²) < 4.78 is 0. The predicted molar refractivity (Wildman–Crippen MR) is 98.8 cm³/mol. The molecule has 0 radical (unpaired) electrons. The highest BCUT2D eigenvalue weighted by Gasteiger charge is 2.17. The molecule has 1 aromatic heterocycles. The molecule has 0 fully saturated rings. The molecule has 0 unspecified atom stereocenters. The van der Waals surface area contributed by atoms with Crippen LogP contribution >= 0.6 is 11.6 Å². The van der Waals surface area contributed by atoms with Gasteiger partial charge in [0, 0.05) is 41.3 Å². The van der Waals surface area contributed by atoms with Crippen molar-refractivity contribution in [3.63, 3.8) is 0 Å². The number of likely N-dealkylation sites (N-methyl/N-ethyl adjacent to an activating group) is 1. The zero-order valence-electron chi connectivity index (χ0n) is 13.1. The van der Waals surface area contributed by atoms with Crippen LogP contribution in [0.5, 0.6) is 0 Å². The van der Waals surface area contributed by atoms with E-state index in [1.807, 2.05) is 18.2 Å². The monoisotopic (exact) mass is 322 g/mol. The minimum Gasteiger partial charge on any atom is -0.361 e. The van der Waals surface area contributed by atoms with Gasteiger partial charge in [0.15, 0.2) is 0 Å². The Bertz CT molecular complexity index is 877. The van der Waals surface area contributed by atoms with E-state index in [1.165, 1.54) is 11.1 Å². The van der Waals surface area contributed by atoms with Crippen LogP contribution in [0, 0.1) is 0 Å². The maximum absolute atomic E-state index is 6.81. The van der Waals surface area contributed by atoms with Crippen LogP contribution in [0.2, 0.25) is 5.02 Å². The summed E-state index contributed by atoms with van der Waals surface area (Å²) in [5.74, 6) is 0. The van der Waals surface area contributed by atoms with Gasteiger partial charge in [0.05, 0.1) is 5.02 Å². The highest BCUT2D eigenvalue weighted by Crippen LogP contribution is 2.39. The van der Waals surface area contributed by atoms with E-state index >= 15 is 0 Å².